The summed E-state index contributed by atoms with van der Waals surface area (Å²) in [6.07, 6.45) is 0. The van der Waals surface area contributed by atoms with Gasteiger partial charge in [-0.25, -0.2) is 4.39 Å². The van der Waals surface area contributed by atoms with Crippen LogP contribution in [0.2, 0.25) is 10.0 Å². The van der Waals surface area contributed by atoms with Crippen LogP contribution in [0.4, 0.5) is 10.1 Å². The van der Waals surface area contributed by atoms with Crippen molar-refractivity contribution in [1.29, 1.82) is 0 Å². The highest BCUT2D eigenvalue weighted by Gasteiger charge is 2.34. The third kappa shape index (κ3) is 3.84. The Labute approximate surface area is 176 Å². The van der Waals surface area contributed by atoms with Crippen molar-refractivity contribution in [2.45, 2.75) is 6.04 Å². The lowest BCUT2D eigenvalue weighted by atomic mass is 9.95. The average Bonchev–Trinajstić information content (AvgIpc) is 2.84. The summed E-state index contributed by atoms with van der Waals surface area (Å²) in [5.41, 5.74) is 2.10. The Kier molecular flexibility index (Phi) is 5.26. The van der Waals surface area contributed by atoms with Crippen molar-refractivity contribution < 1.29 is 14.0 Å². The molecule has 0 bridgehead atoms. The van der Waals surface area contributed by atoms with Crippen LogP contribution in [-0.2, 0) is 4.79 Å². The number of halogens is 3. The van der Waals surface area contributed by atoms with Crippen molar-refractivity contribution in [2.75, 3.05) is 11.9 Å². The Hall–Kier alpha value is -2.89. The fourth-order valence-corrected chi connectivity index (χ4v) is 3.86. The Morgan fingerprint density at radius 1 is 1.03 bits per heavy atom. The molecule has 29 heavy (non-hydrogen) atoms. The molecule has 0 aromatic heterocycles. The molecule has 3 aromatic rings. The highest BCUT2D eigenvalue weighted by molar-refractivity contribution is 6.34. The van der Waals surface area contributed by atoms with E-state index in [1.54, 1.807) is 54.6 Å². The lowest BCUT2D eigenvalue weighted by Crippen LogP contribution is -2.39. The summed E-state index contributed by atoms with van der Waals surface area (Å²) in [7, 11) is 0. The number of amides is 2. The molecule has 0 aliphatic carbocycles. The molecular formula is C22H15Cl2FN2O2. The molecule has 0 saturated heterocycles. The van der Waals surface area contributed by atoms with Crippen molar-refractivity contribution in [3.63, 3.8) is 0 Å². The summed E-state index contributed by atoms with van der Waals surface area (Å²) in [6, 6.07) is 16.9. The zero-order valence-electron chi connectivity index (χ0n) is 15.0. The van der Waals surface area contributed by atoms with E-state index in [9.17, 15) is 14.0 Å². The Bertz CT molecular complexity index is 1100. The number of anilines is 1. The molecule has 4 nitrogen and oxygen atoms in total. The van der Waals surface area contributed by atoms with Gasteiger partial charge in [0.05, 0.1) is 16.6 Å². The largest absolute Gasteiger partial charge is 0.324 e. The summed E-state index contributed by atoms with van der Waals surface area (Å²) in [5, 5.41) is 3.55. The maximum atomic E-state index is 13.5. The third-order valence-corrected chi connectivity index (χ3v) is 5.32. The predicted molar refractivity (Wildman–Crippen MR) is 111 cm³/mol. The fraction of sp³-hybridized carbons (Fsp3) is 0.0909. The van der Waals surface area contributed by atoms with Crippen LogP contribution in [-0.4, -0.2) is 23.3 Å². The number of nitrogens with one attached hydrogen (secondary N) is 1. The molecule has 1 N–H and O–H groups in total. The second-order valence-electron chi connectivity index (χ2n) is 6.65. The van der Waals surface area contributed by atoms with E-state index in [1.807, 2.05) is 0 Å². The molecule has 0 saturated carbocycles. The van der Waals surface area contributed by atoms with Gasteiger partial charge in [-0.15, -0.1) is 0 Å². The lowest BCUT2D eigenvalue weighted by Gasteiger charge is -2.31. The van der Waals surface area contributed by atoms with Gasteiger partial charge in [-0.2, -0.15) is 0 Å². The lowest BCUT2D eigenvalue weighted by molar-refractivity contribution is -0.117. The Morgan fingerprint density at radius 3 is 2.48 bits per heavy atom. The molecule has 1 heterocycles. The number of benzene rings is 3. The molecule has 7 heteroatoms. The number of hydrogen-bond acceptors (Lipinski definition) is 2. The number of nitrogens with zero attached hydrogens (tertiary/aromatic N) is 1. The molecule has 0 fully saturated rings. The molecule has 3 aromatic carbocycles. The van der Waals surface area contributed by atoms with Crippen LogP contribution in [0.5, 0.6) is 0 Å². The topological polar surface area (TPSA) is 49.4 Å². The molecule has 2 amide bonds. The zero-order chi connectivity index (χ0) is 20.5. The molecule has 0 spiro atoms. The monoisotopic (exact) mass is 428 g/mol. The Morgan fingerprint density at radius 2 is 1.76 bits per heavy atom. The summed E-state index contributed by atoms with van der Waals surface area (Å²) in [6.45, 7) is -0.196. The van der Waals surface area contributed by atoms with Crippen molar-refractivity contribution in [3.8, 4) is 0 Å². The van der Waals surface area contributed by atoms with Gasteiger partial charge in [0, 0.05) is 16.3 Å². The van der Waals surface area contributed by atoms with Gasteiger partial charge in [-0.1, -0.05) is 47.5 Å². The first-order valence-corrected chi connectivity index (χ1v) is 9.60. The quantitative estimate of drug-likeness (QED) is 0.600. The fourth-order valence-electron chi connectivity index (χ4n) is 3.46. The molecule has 146 valence electrons. The molecule has 4 rings (SSSR count). The first-order valence-electron chi connectivity index (χ1n) is 8.84. The normalized spacial score (nSPS) is 16.0. The van der Waals surface area contributed by atoms with Gasteiger partial charge in [-0.3, -0.25) is 9.59 Å². The van der Waals surface area contributed by atoms with E-state index in [2.05, 4.69) is 5.32 Å². The number of hydrogen-bond donors (Lipinski definition) is 1. The van der Waals surface area contributed by atoms with Crippen molar-refractivity contribution in [3.05, 3.63) is 99.3 Å². The SMILES string of the molecule is O=C1CN(C(=O)c2ccccc2Cl)[C@@H](c2ccc(F)cc2)c2cc(Cl)ccc2N1. The highest BCUT2D eigenvalue weighted by atomic mass is 35.5. The average molecular weight is 429 g/mol. The van der Waals surface area contributed by atoms with Gasteiger partial charge in [-0.05, 0) is 48.0 Å². The summed E-state index contributed by atoms with van der Waals surface area (Å²) < 4.78 is 13.5. The molecule has 1 aliphatic heterocycles. The number of rotatable bonds is 2. The van der Waals surface area contributed by atoms with Gasteiger partial charge in [0.25, 0.3) is 5.91 Å². The van der Waals surface area contributed by atoms with Crippen molar-refractivity contribution in [1.82, 2.24) is 4.90 Å². The smallest absolute Gasteiger partial charge is 0.256 e. The molecule has 0 radical (unpaired) electrons. The first kappa shape index (κ1) is 19.4. The van der Waals surface area contributed by atoms with Crippen molar-refractivity contribution in [2.24, 2.45) is 0 Å². The van der Waals surface area contributed by atoms with Gasteiger partial charge in [0.1, 0.15) is 12.4 Å². The van der Waals surface area contributed by atoms with Crippen LogP contribution in [0.1, 0.15) is 27.5 Å². The second-order valence-corrected chi connectivity index (χ2v) is 7.49. The molecule has 0 unspecified atom stereocenters. The van der Waals surface area contributed by atoms with Gasteiger partial charge in [0.2, 0.25) is 5.91 Å². The molecule has 1 aliphatic rings. The van der Waals surface area contributed by atoms with Gasteiger partial charge < -0.3 is 10.2 Å². The van der Waals surface area contributed by atoms with Gasteiger partial charge >= 0.3 is 0 Å². The number of carbonyl (C=O) groups is 2. The van der Waals surface area contributed by atoms with E-state index in [4.69, 9.17) is 23.2 Å². The van der Waals surface area contributed by atoms with E-state index in [0.29, 0.717) is 21.8 Å². The van der Waals surface area contributed by atoms with Crippen LogP contribution in [0.25, 0.3) is 0 Å². The maximum absolute atomic E-state index is 13.5. The predicted octanol–water partition coefficient (Wildman–Crippen LogP) is 5.32. The van der Waals surface area contributed by atoms with Crippen LogP contribution >= 0.6 is 23.2 Å². The Balaban J connectivity index is 1.91. The molecule has 1 atom stereocenters. The van der Waals surface area contributed by atoms with E-state index in [1.165, 1.54) is 17.0 Å². The number of fused-ring (bicyclic) bond motifs is 1. The van der Waals surface area contributed by atoms with E-state index < -0.39 is 17.8 Å². The minimum Gasteiger partial charge on any atom is -0.324 e. The maximum Gasteiger partial charge on any atom is 0.256 e. The zero-order valence-corrected chi connectivity index (χ0v) is 16.5. The first-order chi connectivity index (χ1) is 13.9. The van der Waals surface area contributed by atoms with E-state index in [-0.39, 0.29) is 23.0 Å². The van der Waals surface area contributed by atoms with Crippen LogP contribution < -0.4 is 5.32 Å². The second kappa shape index (κ2) is 7.85. The van der Waals surface area contributed by atoms with Crippen LogP contribution in [0.15, 0.2) is 66.7 Å². The summed E-state index contributed by atoms with van der Waals surface area (Å²) in [5.74, 6) is -1.15. The van der Waals surface area contributed by atoms with E-state index in [0.717, 1.165) is 0 Å². The van der Waals surface area contributed by atoms with Crippen LogP contribution in [0.3, 0.4) is 0 Å². The standard InChI is InChI=1S/C22H15Cl2FN2O2/c23-14-7-10-19-17(11-14)21(13-5-8-15(25)9-6-13)27(12-20(28)26-19)22(29)16-3-1-2-4-18(16)24/h1-11,21H,12H2,(H,26,28)/t21-/m0/s1. The minimum atomic E-state index is -0.660. The van der Waals surface area contributed by atoms with E-state index >= 15 is 0 Å². The number of carbonyl (C=O) groups excluding carboxylic acids is 2. The van der Waals surface area contributed by atoms with Gasteiger partial charge in [0.15, 0.2) is 0 Å². The summed E-state index contributed by atoms with van der Waals surface area (Å²) >= 11 is 12.5. The third-order valence-electron chi connectivity index (χ3n) is 4.76. The van der Waals surface area contributed by atoms with Crippen molar-refractivity contribution >= 4 is 40.7 Å². The highest BCUT2D eigenvalue weighted by Crippen LogP contribution is 2.38. The minimum absolute atomic E-state index is 0.196. The molecular weight excluding hydrogens is 414 g/mol. The van der Waals surface area contributed by atoms with Crippen LogP contribution in [0, 0.1) is 5.82 Å². The summed E-state index contributed by atoms with van der Waals surface area (Å²) in [4.78, 5) is 27.4.